The van der Waals surface area contributed by atoms with Gasteiger partial charge in [-0.25, -0.2) is 0 Å². The Morgan fingerprint density at radius 2 is 0.971 bits per heavy atom. The zero-order chi connectivity index (χ0) is 24.8. The molecule has 0 radical (unpaired) electrons. The maximum atomic E-state index is 2.65. The molecule has 1 aromatic rings. The molecule has 0 N–H and O–H groups in total. The minimum absolute atomic E-state index is 0.554. The highest BCUT2D eigenvalue weighted by molar-refractivity contribution is 5.15. The Kier molecular flexibility index (Phi) is 17.6. The first-order chi connectivity index (χ1) is 17.3. The summed E-state index contributed by atoms with van der Waals surface area (Å²) < 4.78 is 0. The molecule has 35 heavy (non-hydrogen) atoms. The highest BCUT2D eigenvalue weighted by atomic mass is 15.4. The highest BCUT2D eigenvalue weighted by Gasteiger charge is 2.25. The third-order valence-corrected chi connectivity index (χ3v) is 7.76. The van der Waals surface area contributed by atoms with Crippen LogP contribution in [0.25, 0.3) is 0 Å². The van der Waals surface area contributed by atoms with E-state index < -0.39 is 0 Å². The molecule has 1 aliphatic rings. The number of hydrogen-bond donors (Lipinski definition) is 0. The van der Waals surface area contributed by atoms with Crippen LogP contribution in [0.1, 0.15) is 148 Å². The van der Waals surface area contributed by atoms with Crippen molar-refractivity contribution in [2.45, 2.75) is 155 Å². The molecular formula is C33H58N2. The summed E-state index contributed by atoms with van der Waals surface area (Å²) in [5.74, 6) is 0. The van der Waals surface area contributed by atoms with Gasteiger partial charge in [0.05, 0.1) is 0 Å². The number of hydrogen-bond acceptors (Lipinski definition) is 2. The van der Waals surface area contributed by atoms with Crippen molar-refractivity contribution in [1.29, 1.82) is 0 Å². The molecular weight excluding hydrogens is 424 g/mol. The SMILES string of the molecule is CCCCCCCCCCCCC1N(CCCCCCCCCCC)C=CN1Cc1ccccc1. The van der Waals surface area contributed by atoms with Crippen LogP contribution in [0.2, 0.25) is 0 Å². The molecule has 2 heteroatoms. The van der Waals surface area contributed by atoms with Crippen molar-refractivity contribution in [2.24, 2.45) is 0 Å². The molecule has 0 aliphatic carbocycles. The normalized spacial score (nSPS) is 15.4. The molecule has 2 rings (SSSR count). The highest BCUT2D eigenvalue weighted by Crippen LogP contribution is 2.25. The summed E-state index contributed by atoms with van der Waals surface area (Å²) in [6, 6.07) is 11.0. The van der Waals surface area contributed by atoms with Crippen molar-refractivity contribution in [2.75, 3.05) is 6.54 Å². The molecule has 1 atom stereocenters. The fourth-order valence-corrected chi connectivity index (χ4v) is 5.49. The Hall–Kier alpha value is -1.44. The van der Waals surface area contributed by atoms with Crippen LogP contribution in [0, 0.1) is 0 Å². The Morgan fingerprint density at radius 3 is 1.51 bits per heavy atom. The van der Waals surface area contributed by atoms with Crippen molar-refractivity contribution in [3.05, 3.63) is 48.3 Å². The van der Waals surface area contributed by atoms with E-state index in [-0.39, 0.29) is 0 Å². The number of unbranched alkanes of at least 4 members (excludes halogenated alkanes) is 17. The Labute approximate surface area is 219 Å². The van der Waals surface area contributed by atoms with Gasteiger partial charge in [0.1, 0.15) is 6.17 Å². The monoisotopic (exact) mass is 482 g/mol. The van der Waals surface area contributed by atoms with Crippen LogP contribution in [-0.4, -0.2) is 22.5 Å². The molecule has 0 amide bonds. The summed E-state index contributed by atoms with van der Waals surface area (Å²) >= 11 is 0. The molecule has 0 aromatic heterocycles. The molecule has 1 aliphatic heterocycles. The molecule has 0 spiro atoms. The molecule has 0 saturated carbocycles. The van der Waals surface area contributed by atoms with E-state index in [2.05, 4.69) is 66.4 Å². The zero-order valence-electron chi connectivity index (χ0n) is 23.6. The van der Waals surface area contributed by atoms with Gasteiger partial charge in [-0.15, -0.1) is 0 Å². The molecule has 1 unspecified atom stereocenters. The Balaban J connectivity index is 1.65. The second-order valence-electron chi connectivity index (χ2n) is 11.0. The van der Waals surface area contributed by atoms with Crippen LogP contribution in [0.3, 0.4) is 0 Å². The summed E-state index contributed by atoms with van der Waals surface area (Å²) in [4.78, 5) is 5.24. The summed E-state index contributed by atoms with van der Waals surface area (Å²) in [6.45, 7) is 6.87. The van der Waals surface area contributed by atoms with Crippen LogP contribution in [0.4, 0.5) is 0 Å². The van der Waals surface area contributed by atoms with Gasteiger partial charge in [-0.3, -0.25) is 0 Å². The van der Waals surface area contributed by atoms with Crippen LogP contribution in [0.5, 0.6) is 0 Å². The van der Waals surface area contributed by atoms with Gasteiger partial charge in [-0.1, -0.05) is 153 Å². The number of nitrogens with zero attached hydrogens (tertiary/aromatic N) is 2. The lowest BCUT2D eigenvalue weighted by atomic mass is 10.0. The van der Waals surface area contributed by atoms with Crippen LogP contribution in [0.15, 0.2) is 42.7 Å². The average molecular weight is 483 g/mol. The zero-order valence-corrected chi connectivity index (χ0v) is 23.6. The number of benzene rings is 1. The predicted octanol–water partition coefficient (Wildman–Crippen LogP) is 10.4. The standard InChI is InChI=1S/C33H58N2/c1-3-5-7-9-11-13-14-16-18-23-27-33-34(28-24-19-17-15-12-10-8-6-4-2)29-30-35(33)31-32-25-21-20-22-26-32/h20-22,25-26,29-30,33H,3-19,23-24,27-28,31H2,1-2H3. The van der Waals surface area contributed by atoms with Crippen molar-refractivity contribution in [3.63, 3.8) is 0 Å². The van der Waals surface area contributed by atoms with Gasteiger partial charge in [0.25, 0.3) is 0 Å². The Morgan fingerprint density at radius 1 is 0.514 bits per heavy atom. The lowest BCUT2D eigenvalue weighted by Gasteiger charge is -2.33. The fourth-order valence-electron chi connectivity index (χ4n) is 5.49. The minimum Gasteiger partial charge on any atom is -0.356 e. The van der Waals surface area contributed by atoms with E-state index in [4.69, 9.17) is 0 Å². The first-order valence-corrected chi connectivity index (χ1v) is 15.6. The smallest absolute Gasteiger partial charge is 0.101 e. The summed E-state index contributed by atoms with van der Waals surface area (Å²) in [7, 11) is 0. The van der Waals surface area contributed by atoms with Gasteiger partial charge in [0.15, 0.2) is 0 Å². The molecule has 1 heterocycles. The molecule has 2 nitrogen and oxygen atoms in total. The molecule has 200 valence electrons. The van der Waals surface area contributed by atoms with E-state index >= 15 is 0 Å². The first kappa shape index (κ1) is 29.8. The quantitative estimate of drug-likeness (QED) is 0.143. The van der Waals surface area contributed by atoms with Gasteiger partial charge < -0.3 is 9.80 Å². The minimum atomic E-state index is 0.554. The average Bonchev–Trinajstić information content (AvgIpc) is 3.25. The van der Waals surface area contributed by atoms with Gasteiger partial charge >= 0.3 is 0 Å². The molecule has 1 aromatic carbocycles. The summed E-state index contributed by atoms with van der Waals surface area (Å²) in [5, 5.41) is 0. The van der Waals surface area contributed by atoms with E-state index in [1.807, 2.05) is 0 Å². The third-order valence-electron chi connectivity index (χ3n) is 7.76. The summed E-state index contributed by atoms with van der Waals surface area (Å²) in [5.41, 5.74) is 1.43. The molecule has 0 fully saturated rings. The van der Waals surface area contributed by atoms with Gasteiger partial charge in [-0.2, -0.15) is 0 Å². The topological polar surface area (TPSA) is 6.48 Å². The first-order valence-electron chi connectivity index (χ1n) is 15.6. The van der Waals surface area contributed by atoms with Crippen molar-refractivity contribution < 1.29 is 0 Å². The molecule has 0 bridgehead atoms. The second kappa shape index (κ2) is 20.7. The van der Waals surface area contributed by atoms with E-state index in [0.717, 1.165) is 6.54 Å². The predicted molar refractivity (Wildman–Crippen MR) is 155 cm³/mol. The lowest BCUT2D eigenvalue weighted by molar-refractivity contribution is 0.132. The van der Waals surface area contributed by atoms with Gasteiger partial charge in [-0.05, 0) is 24.8 Å². The van der Waals surface area contributed by atoms with Crippen LogP contribution < -0.4 is 0 Å². The van der Waals surface area contributed by atoms with E-state index in [1.54, 1.807) is 0 Å². The second-order valence-corrected chi connectivity index (χ2v) is 11.0. The van der Waals surface area contributed by atoms with Crippen molar-refractivity contribution in [1.82, 2.24) is 9.80 Å². The largest absolute Gasteiger partial charge is 0.356 e. The fraction of sp³-hybridized carbons (Fsp3) is 0.758. The third kappa shape index (κ3) is 14.0. The van der Waals surface area contributed by atoms with Crippen molar-refractivity contribution >= 4 is 0 Å². The van der Waals surface area contributed by atoms with E-state index in [0.29, 0.717) is 6.17 Å². The maximum absolute atomic E-state index is 2.65. The maximum Gasteiger partial charge on any atom is 0.101 e. The van der Waals surface area contributed by atoms with Gasteiger partial charge in [0, 0.05) is 25.5 Å². The van der Waals surface area contributed by atoms with E-state index in [1.165, 1.54) is 141 Å². The van der Waals surface area contributed by atoms with E-state index in [9.17, 15) is 0 Å². The molecule has 0 saturated heterocycles. The van der Waals surface area contributed by atoms with Crippen LogP contribution >= 0.6 is 0 Å². The Bertz CT molecular complexity index is 611. The summed E-state index contributed by atoms with van der Waals surface area (Å²) in [6.07, 6.45) is 33.4. The lowest BCUT2D eigenvalue weighted by Crippen LogP contribution is -2.38. The number of rotatable bonds is 23. The van der Waals surface area contributed by atoms with Crippen molar-refractivity contribution in [3.8, 4) is 0 Å². The van der Waals surface area contributed by atoms with Gasteiger partial charge in [0.2, 0.25) is 0 Å². The van der Waals surface area contributed by atoms with Crippen LogP contribution in [-0.2, 0) is 6.54 Å².